The molecule has 1 aliphatic heterocycles. The van der Waals surface area contributed by atoms with Gasteiger partial charge in [-0.25, -0.2) is 0 Å². The van der Waals surface area contributed by atoms with Crippen molar-refractivity contribution in [3.05, 3.63) is 53.9 Å². The van der Waals surface area contributed by atoms with Gasteiger partial charge in [0, 0.05) is 17.3 Å². The van der Waals surface area contributed by atoms with Gasteiger partial charge in [-0.3, -0.25) is 0 Å². The maximum Gasteiger partial charge on any atom is 0.126 e. The minimum atomic E-state index is 0.230. The van der Waals surface area contributed by atoms with E-state index in [1.54, 1.807) is 7.11 Å². The van der Waals surface area contributed by atoms with Crippen LogP contribution in [0.3, 0.4) is 0 Å². The first-order valence-corrected chi connectivity index (χ1v) is 8.80. The Labute approximate surface area is 149 Å². The van der Waals surface area contributed by atoms with Gasteiger partial charge in [-0.1, -0.05) is 12.1 Å². The number of anilines is 1. The van der Waals surface area contributed by atoms with Gasteiger partial charge in [0.25, 0.3) is 0 Å². The zero-order valence-corrected chi connectivity index (χ0v) is 15.0. The Bertz CT molecular complexity index is 714. The molecule has 1 unspecified atom stereocenters. The summed E-state index contributed by atoms with van der Waals surface area (Å²) in [4.78, 5) is 0. The Morgan fingerprint density at radius 1 is 1.28 bits per heavy atom. The highest BCUT2D eigenvalue weighted by Crippen LogP contribution is 2.32. The van der Waals surface area contributed by atoms with Crippen LogP contribution in [0.5, 0.6) is 17.2 Å². The molecule has 1 heterocycles. The number of nitrogens with two attached hydrogens (primary N) is 1. The molecule has 0 spiro atoms. The van der Waals surface area contributed by atoms with E-state index < -0.39 is 0 Å². The van der Waals surface area contributed by atoms with Crippen LogP contribution in [-0.4, -0.2) is 19.8 Å². The summed E-state index contributed by atoms with van der Waals surface area (Å²) >= 11 is 0. The first-order valence-electron chi connectivity index (χ1n) is 8.80. The number of benzene rings is 2. The van der Waals surface area contributed by atoms with Crippen LogP contribution in [0.15, 0.2) is 36.4 Å². The van der Waals surface area contributed by atoms with Crippen LogP contribution < -0.4 is 19.9 Å². The molecule has 2 N–H and O–H groups in total. The maximum atomic E-state index is 6.11. The van der Waals surface area contributed by atoms with E-state index >= 15 is 0 Å². The first-order chi connectivity index (χ1) is 12.2. The zero-order chi connectivity index (χ0) is 17.6. The summed E-state index contributed by atoms with van der Waals surface area (Å²) in [6.07, 6.45) is 6.39. The lowest BCUT2D eigenvalue weighted by Crippen LogP contribution is -2.22. The molecule has 4 heteroatoms. The summed E-state index contributed by atoms with van der Waals surface area (Å²) in [5.74, 6) is 2.66. The fourth-order valence-electron chi connectivity index (χ4n) is 3.04. The predicted molar refractivity (Wildman–Crippen MR) is 100 cm³/mol. The van der Waals surface area contributed by atoms with Crippen LogP contribution in [-0.2, 0) is 6.42 Å². The third-order valence-corrected chi connectivity index (χ3v) is 4.64. The molecule has 2 aromatic rings. The van der Waals surface area contributed by atoms with Crippen molar-refractivity contribution in [2.75, 3.05) is 19.5 Å². The van der Waals surface area contributed by atoms with E-state index in [0.29, 0.717) is 6.61 Å². The minimum Gasteiger partial charge on any atom is -0.497 e. The molecule has 0 aliphatic carbocycles. The second-order valence-corrected chi connectivity index (χ2v) is 6.38. The first kappa shape index (κ1) is 17.5. The second-order valence-electron chi connectivity index (χ2n) is 6.38. The number of aryl methyl sites for hydroxylation is 1. The van der Waals surface area contributed by atoms with Crippen molar-refractivity contribution in [3.8, 4) is 17.2 Å². The second kappa shape index (κ2) is 8.15. The van der Waals surface area contributed by atoms with Crippen molar-refractivity contribution in [1.82, 2.24) is 0 Å². The van der Waals surface area contributed by atoms with E-state index in [1.165, 1.54) is 5.56 Å². The molecular weight excluding hydrogens is 314 g/mol. The van der Waals surface area contributed by atoms with Gasteiger partial charge in [-0.05, 0) is 62.8 Å². The molecule has 1 aliphatic rings. The third kappa shape index (κ3) is 4.38. The van der Waals surface area contributed by atoms with E-state index in [-0.39, 0.29) is 6.10 Å². The largest absolute Gasteiger partial charge is 0.497 e. The van der Waals surface area contributed by atoms with Crippen molar-refractivity contribution in [3.63, 3.8) is 0 Å². The topological polar surface area (TPSA) is 53.7 Å². The van der Waals surface area contributed by atoms with Crippen molar-refractivity contribution < 1.29 is 14.2 Å². The van der Waals surface area contributed by atoms with E-state index in [2.05, 4.69) is 12.5 Å². The predicted octanol–water partition coefficient (Wildman–Crippen LogP) is 4.34. The van der Waals surface area contributed by atoms with Crippen LogP contribution in [0, 0.1) is 13.3 Å². The average molecular weight is 340 g/mol. The number of unbranched alkanes of at least 4 members (excludes halogenated alkanes) is 1. The van der Waals surface area contributed by atoms with Crippen molar-refractivity contribution in [2.24, 2.45) is 0 Å². The summed E-state index contributed by atoms with van der Waals surface area (Å²) in [6, 6.07) is 11.8. The van der Waals surface area contributed by atoms with Gasteiger partial charge in [0.15, 0.2) is 0 Å². The normalized spacial score (nSPS) is 16.0. The molecule has 0 fully saturated rings. The summed E-state index contributed by atoms with van der Waals surface area (Å²) in [5.41, 5.74) is 8.93. The lowest BCUT2D eigenvalue weighted by molar-refractivity contribution is 0.169. The number of nitrogen functional groups attached to an aromatic ring is 1. The fourth-order valence-corrected chi connectivity index (χ4v) is 3.04. The number of rotatable bonds is 7. The molecule has 0 saturated carbocycles. The summed E-state index contributed by atoms with van der Waals surface area (Å²) in [7, 11) is 1.68. The van der Waals surface area contributed by atoms with Gasteiger partial charge in [0.2, 0.25) is 0 Å². The molecule has 0 saturated heterocycles. The quantitative estimate of drug-likeness (QED) is 0.602. The van der Waals surface area contributed by atoms with Crippen molar-refractivity contribution in [1.29, 1.82) is 0 Å². The van der Waals surface area contributed by atoms with Gasteiger partial charge in [-0.15, -0.1) is 0 Å². The fraction of sp³-hybridized carbons (Fsp3) is 0.381. The summed E-state index contributed by atoms with van der Waals surface area (Å²) in [5, 5.41) is 0. The highest BCUT2D eigenvalue weighted by molar-refractivity contribution is 5.53. The number of hydrogen-bond donors (Lipinski definition) is 1. The van der Waals surface area contributed by atoms with Crippen LogP contribution in [0.1, 0.15) is 30.4 Å². The van der Waals surface area contributed by atoms with Gasteiger partial charge in [0.05, 0.1) is 19.8 Å². The Morgan fingerprint density at radius 2 is 2.16 bits per heavy atom. The Hall–Kier alpha value is -2.36. The smallest absolute Gasteiger partial charge is 0.126 e. The van der Waals surface area contributed by atoms with E-state index in [0.717, 1.165) is 54.2 Å². The highest BCUT2D eigenvalue weighted by atomic mass is 16.5. The molecule has 1 atom stereocenters. The molecule has 4 nitrogen and oxygen atoms in total. The SMILES string of the molecule is COc1ccc2c(c1)OC(C[CH]CCOc1cccc(N)c1C)CC2. The summed E-state index contributed by atoms with van der Waals surface area (Å²) < 4.78 is 17.2. The Kier molecular flexibility index (Phi) is 5.69. The monoisotopic (exact) mass is 340 g/mol. The number of methoxy groups -OCH3 is 1. The van der Waals surface area contributed by atoms with Crippen molar-refractivity contribution >= 4 is 5.69 Å². The number of fused-ring (bicyclic) bond motifs is 1. The molecule has 2 aromatic carbocycles. The van der Waals surface area contributed by atoms with Gasteiger partial charge in [0.1, 0.15) is 17.2 Å². The molecule has 0 bridgehead atoms. The number of ether oxygens (including phenoxy) is 3. The molecule has 133 valence electrons. The van der Waals surface area contributed by atoms with E-state index in [1.807, 2.05) is 37.3 Å². The van der Waals surface area contributed by atoms with Crippen LogP contribution in [0.2, 0.25) is 0 Å². The highest BCUT2D eigenvalue weighted by Gasteiger charge is 2.20. The Balaban J connectivity index is 1.41. The zero-order valence-electron chi connectivity index (χ0n) is 15.0. The lowest BCUT2D eigenvalue weighted by Gasteiger charge is -2.26. The minimum absolute atomic E-state index is 0.230. The average Bonchev–Trinajstić information content (AvgIpc) is 2.64. The van der Waals surface area contributed by atoms with Crippen LogP contribution >= 0.6 is 0 Å². The van der Waals surface area contributed by atoms with Gasteiger partial charge >= 0.3 is 0 Å². The Morgan fingerprint density at radius 3 is 3.00 bits per heavy atom. The molecule has 1 radical (unpaired) electrons. The maximum absolute atomic E-state index is 6.11. The lowest BCUT2D eigenvalue weighted by atomic mass is 9.99. The molecule has 0 aromatic heterocycles. The van der Waals surface area contributed by atoms with Gasteiger partial charge < -0.3 is 19.9 Å². The van der Waals surface area contributed by atoms with E-state index in [9.17, 15) is 0 Å². The standard InChI is InChI=1S/C21H26NO3/c1-15-19(22)7-5-8-20(15)24-13-4-3-6-17-11-9-16-10-12-18(23-2)14-21(16)25-17/h3,5,7-8,10,12,14,17H,4,6,9,11,13,22H2,1-2H3. The molecular formula is C21H26NO3. The van der Waals surface area contributed by atoms with E-state index in [4.69, 9.17) is 19.9 Å². The molecule has 0 amide bonds. The molecule has 25 heavy (non-hydrogen) atoms. The van der Waals surface area contributed by atoms with Gasteiger partial charge in [-0.2, -0.15) is 0 Å². The molecule has 3 rings (SSSR count). The van der Waals surface area contributed by atoms with Crippen molar-refractivity contribution in [2.45, 2.75) is 38.7 Å². The van der Waals surface area contributed by atoms with Crippen LogP contribution in [0.25, 0.3) is 0 Å². The third-order valence-electron chi connectivity index (χ3n) is 4.64. The summed E-state index contributed by atoms with van der Waals surface area (Å²) in [6.45, 7) is 2.64. The van der Waals surface area contributed by atoms with Crippen LogP contribution in [0.4, 0.5) is 5.69 Å². The number of hydrogen-bond acceptors (Lipinski definition) is 4.